The van der Waals surface area contributed by atoms with Gasteiger partial charge in [0, 0.05) is 6.61 Å². The second-order valence-electron chi connectivity index (χ2n) is 3.90. The summed E-state index contributed by atoms with van der Waals surface area (Å²) in [5.74, 6) is -0.248. The molecule has 3 rings (SSSR count). The molecule has 2 heterocycles. The number of rotatable bonds is 1. The van der Waals surface area contributed by atoms with Gasteiger partial charge in [0.25, 0.3) is 0 Å². The quantitative estimate of drug-likeness (QED) is 0.805. The zero-order chi connectivity index (χ0) is 11.1. The summed E-state index contributed by atoms with van der Waals surface area (Å²) >= 11 is 3.17. The van der Waals surface area contributed by atoms with E-state index >= 15 is 0 Å². The van der Waals surface area contributed by atoms with Gasteiger partial charge >= 0.3 is 0 Å². The third kappa shape index (κ3) is 1.46. The van der Waals surface area contributed by atoms with Crippen molar-refractivity contribution in [2.24, 2.45) is 0 Å². The van der Waals surface area contributed by atoms with E-state index in [1.807, 2.05) is 10.7 Å². The van der Waals surface area contributed by atoms with Crippen LogP contribution in [-0.4, -0.2) is 23.0 Å². The van der Waals surface area contributed by atoms with Crippen molar-refractivity contribution in [2.75, 3.05) is 13.2 Å². The molecular formula is C11H10BrFN2O. The van der Waals surface area contributed by atoms with E-state index < -0.39 is 0 Å². The van der Waals surface area contributed by atoms with Crippen molar-refractivity contribution < 1.29 is 9.13 Å². The molecule has 0 bridgehead atoms. The second-order valence-corrected chi connectivity index (χ2v) is 4.76. The van der Waals surface area contributed by atoms with Gasteiger partial charge in [0.05, 0.1) is 34.2 Å². The van der Waals surface area contributed by atoms with E-state index in [0.717, 1.165) is 18.5 Å². The topological polar surface area (TPSA) is 27.1 Å². The summed E-state index contributed by atoms with van der Waals surface area (Å²) in [7, 11) is 0. The predicted molar refractivity (Wildman–Crippen MR) is 61.9 cm³/mol. The molecular weight excluding hydrogens is 275 g/mol. The maximum atomic E-state index is 13.8. The summed E-state index contributed by atoms with van der Waals surface area (Å²) in [6, 6.07) is 3.83. The van der Waals surface area contributed by atoms with E-state index in [9.17, 15) is 4.39 Å². The van der Waals surface area contributed by atoms with Gasteiger partial charge in [-0.1, -0.05) is 0 Å². The van der Waals surface area contributed by atoms with Gasteiger partial charge in [0.15, 0.2) is 0 Å². The van der Waals surface area contributed by atoms with Crippen LogP contribution >= 0.6 is 15.9 Å². The molecule has 1 aliphatic heterocycles. The van der Waals surface area contributed by atoms with E-state index in [4.69, 9.17) is 4.74 Å². The number of fused-ring (bicyclic) bond motifs is 1. The molecule has 1 aromatic heterocycles. The molecule has 2 aromatic rings. The summed E-state index contributed by atoms with van der Waals surface area (Å²) in [6.07, 6.45) is 2.52. The number of ether oxygens (including phenoxy) is 1. The van der Waals surface area contributed by atoms with Gasteiger partial charge in [-0.15, -0.1) is 0 Å². The van der Waals surface area contributed by atoms with E-state index in [1.165, 1.54) is 0 Å². The maximum absolute atomic E-state index is 13.8. The predicted octanol–water partition coefficient (Wildman–Crippen LogP) is 2.90. The largest absolute Gasteiger partial charge is 0.379 e. The Hall–Kier alpha value is -0.940. The van der Waals surface area contributed by atoms with Crippen LogP contribution in [0.5, 0.6) is 0 Å². The van der Waals surface area contributed by atoms with Crippen LogP contribution in [0.1, 0.15) is 12.5 Å². The van der Waals surface area contributed by atoms with Crippen LogP contribution in [0.15, 0.2) is 22.8 Å². The van der Waals surface area contributed by atoms with Gasteiger partial charge in [-0.2, -0.15) is 5.10 Å². The first-order chi connectivity index (χ1) is 7.77. The summed E-state index contributed by atoms with van der Waals surface area (Å²) in [4.78, 5) is 0. The number of benzene rings is 1. The van der Waals surface area contributed by atoms with Gasteiger partial charge in [0.2, 0.25) is 0 Å². The minimum Gasteiger partial charge on any atom is -0.379 e. The molecule has 0 saturated carbocycles. The van der Waals surface area contributed by atoms with Gasteiger partial charge in [-0.05, 0) is 34.5 Å². The first-order valence-corrected chi connectivity index (χ1v) is 5.95. The molecule has 0 unspecified atom stereocenters. The molecule has 1 atom stereocenters. The number of nitrogens with zero attached hydrogens (tertiary/aromatic N) is 2. The third-order valence-corrected chi connectivity index (χ3v) is 3.53. The third-order valence-electron chi connectivity index (χ3n) is 2.92. The average Bonchev–Trinajstić information content (AvgIpc) is 2.91. The molecule has 0 N–H and O–H groups in total. The monoisotopic (exact) mass is 284 g/mol. The molecule has 16 heavy (non-hydrogen) atoms. The highest BCUT2D eigenvalue weighted by Crippen LogP contribution is 2.28. The minimum absolute atomic E-state index is 0.234. The fraction of sp³-hybridized carbons (Fsp3) is 0.364. The molecule has 84 valence electrons. The van der Waals surface area contributed by atoms with Crippen molar-refractivity contribution in [3.05, 3.63) is 28.6 Å². The molecule has 0 radical (unpaired) electrons. The lowest BCUT2D eigenvalue weighted by Crippen LogP contribution is -2.09. The zero-order valence-corrected chi connectivity index (χ0v) is 10.1. The smallest absolute Gasteiger partial charge is 0.148 e. The minimum atomic E-state index is -0.248. The van der Waals surface area contributed by atoms with Crippen molar-refractivity contribution in [2.45, 2.75) is 12.5 Å². The Bertz CT molecular complexity index is 534. The summed E-state index contributed by atoms with van der Waals surface area (Å²) < 4.78 is 21.4. The molecule has 1 fully saturated rings. The highest BCUT2D eigenvalue weighted by atomic mass is 79.9. The maximum Gasteiger partial charge on any atom is 0.148 e. The number of hydrogen-bond acceptors (Lipinski definition) is 2. The van der Waals surface area contributed by atoms with Crippen molar-refractivity contribution in [3.8, 4) is 0 Å². The van der Waals surface area contributed by atoms with Gasteiger partial charge in [0.1, 0.15) is 5.82 Å². The SMILES string of the molecule is Fc1c(Br)ccc2c1cnn2[C@H]1CCOC1. The molecule has 0 spiro atoms. The number of hydrogen-bond donors (Lipinski definition) is 0. The Balaban J connectivity index is 2.16. The Morgan fingerprint density at radius 2 is 2.38 bits per heavy atom. The van der Waals surface area contributed by atoms with Crippen molar-refractivity contribution in [1.29, 1.82) is 0 Å². The summed E-state index contributed by atoms with van der Waals surface area (Å²) in [5, 5.41) is 4.81. The Morgan fingerprint density at radius 3 is 3.12 bits per heavy atom. The summed E-state index contributed by atoms with van der Waals surface area (Å²) in [6.45, 7) is 1.42. The zero-order valence-electron chi connectivity index (χ0n) is 8.49. The van der Waals surface area contributed by atoms with Crippen molar-refractivity contribution in [1.82, 2.24) is 9.78 Å². The second kappa shape index (κ2) is 3.82. The summed E-state index contributed by atoms with van der Waals surface area (Å²) in [5.41, 5.74) is 0.830. The lowest BCUT2D eigenvalue weighted by Gasteiger charge is -2.09. The van der Waals surface area contributed by atoms with Crippen LogP contribution in [0.2, 0.25) is 0 Å². The van der Waals surface area contributed by atoms with E-state index in [1.54, 1.807) is 12.3 Å². The molecule has 1 saturated heterocycles. The van der Waals surface area contributed by atoms with Crippen LogP contribution in [0.25, 0.3) is 10.9 Å². The van der Waals surface area contributed by atoms with Crippen molar-refractivity contribution in [3.63, 3.8) is 0 Å². The first-order valence-electron chi connectivity index (χ1n) is 5.16. The Labute approximate surface area is 100 Å². The Morgan fingerprint density at radius 1 is 1.50 bits per heavy atom. The Kier molecular flexibility index (Phi) is 2.44. The van der Waals surface area contributed by atoms with Gasteiger partial charge < -0.3 is 4.74 Å². The van der Waals surface area contributed by atoms with E-state index in [-0.39, 0.29) is 11.9 Å². The molecule has 0 aliphatic carbocycles. The van der Waals surface area contributed by atoms with Crippen molar-refractivity contribution >= 4 is 26.8 Å². The molecule has 3 nitrogen and oxygen atoms in total. The average molecular weight is 285 g/mol. The molecule has 5 heteroatoms. The lowest BCUT2D eigenvalue weighted by molar-refractivity contribution is 0.185. The van der Waals surface area contributed by atoms with Crippen LogP contribution in [0.3, 0.4) is 0 Å². The molecule has 1 aromatic carbocycles. The number of halogens is 2. The molecule has 0 amide bonds. The van der Waals surface area contributed by atoms with Crippen LogP contribution < -0.4 is 0 Å². The van der Waals surface area contributed by atoms with Gasteiger partial charge in [-0.3, -0.25) is 4.68 Å². The highest BCUT2D eigenvalue weighted by molar-refractivity contribution is 9.10. The van der Waals surface area contributed by atoms with E-state index in [0.29, 0.717) is 16.5 Å². The van der Waals surface area contributed by atoms with Gasteiger partial charge in [-0.25, -0.2) is 4.39 Å². The fourth-order valence-electron chi connectivity index (χ4n) is 2.07. The molecule has 1 aliphatic rings. The highest BCUT2D eigenvalue weighted by Gasteiger charge is 2.21. The van der Waals surface area contributed by atoms with E-state index in [2.05, 4.69) is 21.0 Å². The van der Waals surface area contributed by atoms with Crippen LogP contribution in [0, 0.1) is 5.82 Å². The standard InChI is InChI=1S/C11H10BrFN2O/c12-9-1-2-10-8(11(9)13)5-14-15(10)7-3-4-16-6-7/h1-2,5,7H,3-4,6H2/t7-/m0/s1. The normalized spacial score (nSPS) is 20.8. The van der Waals surface area contributed by atoms with Crippen LogP contribution in [-0.2, 0) is 4.74 Å². The van der Waals surface area contributed by atoms with Crippen LogP contribution in [0.4, 0.5) is 4.39 Å². The first kappa shape index (κ1) is 10.2. The number of aromatic nitrogens is 2. The lowest BCUT2D eigenvalue weighted by atomic mass is 10.2. The fourth-order valence-corrected chi connectivity index (χ4v) is 2.41.